The van der Waals surface area contributed by atoms with Gasteiger partial charge in [0.25, 0.3) is 5.91 Å². The van der Waals surface area contributed by atoms with Gasteiger partial charge in [-0.1, -0.05) is 19.9 Å². The molecule has 30 heavy (non-hydrogen) atoms. The van der Waals surface area contributed by atoms with E-state index in [-0.39, 0.29) is 36.2 Å². The molecule has 2 atom stereocenters. The van der Waals surface area contributed by atoms with Crippen LogP contribution in [0.15, 0.2) is 28.9 Å². The highest BCUT2D eigenvalue weighted by molar-refractivity contribution is 5.91. The number of ether oxygens (including phenoxy) is 1. The highest BCUT2D eigenvalue weighted by atomic mass is 19.1. The number of carbonyl (C=O) groups excluding carboxylic acids is 1. The van der Waals surface area contributed by atoms with Gasteiger partial charge in [-0.3, -0.25) is 9.69 Å². The van der Waals surface area contributed by atoms with E-state index in [1.54, 1.807) is 0 Å². The Labute approximate surface area is 175 Å². The second-order valence-corrected chi connectivity index (χ2v) is 8.10. The van der Waals surface area contributed by atoms with Crippen LogP contribution in [0.5, 0.6) is 0 Å². The topological polar surface area (TPSA) is 67.6 Å². The fourth-order valence-electron chi connectivity index (χ4n) is 3.40. The number of hydrogen-bond acceptors (Lipinski definition) is 5. The predicted octanol–water partition coefficient (Wildman–Crippen LogP) is 3.91. The van der Waals surface area contributed by atoms with E-state index in [1.807, 2.05) is 11.8 Å². The van der Waals surface area contributed by atoms with Crippen molar-refractivity contribution in [2.75, 3.05) is 13.2 Å². The minimum atomic E-state index is -0.605. The smallest absolute Gasteiger partial charge is 0.273 e. The average molecular weight is 421 g/mol. The third-order valence-electron chi connectivity index (χ3n) is 5.57. The molecule has 0 spiro atoms. The lowest BCUT2D eigenvalue weighted by Gasteiger charge is -2.30. The fourth-order valence-corrected chi connectivity index (χ4v) is 3.40. The summed E-state index contributed by atoms with van der Waals surface area (Å²) in [6, 6.07) is 3.66. The van der Waals surface area contributed by atoms with Crippen LogP contribution in [0.1, 0.15) is 55.6 Å². The second-order valence-electron chi connectivity index (χ2n) is 8.10. The van der Waals surface area contributed by atoms with Crippen LogP contribution in [-0.4, -0.2) is 41.1 Å². The minimum absolute atomic E-state index is 0.0494. The molecule has 6 nitrogen and oxygen atoms in total. The summed E-state index contributed by atoms with van der Waals surface area (Å²) >= 11 is 0. The van der Waals surface area contributed by atoms with Gasteiger partial charge < -0.3 is 14.5 Å². The third kappa shape index (κ3) is 5.86. The van der Waals surface area contributed by atoms with Crippen LogP contribution in [-0.2, 0) is 17.8 Å². The molecule has 2 heterocycles. The number of halogens is 2. The maximum absolute atomic E-state index is 14.2. The van der Waals surface area contributed by atoms with Gasteiger partial charge in [0, 0.05) is 37.4 Å². The van der Waals surface area contributed by atoms with Crippen molar-refractivity contribution in [1.82, 2.24) is 15.2 Å². The van der Waals surface area contributed by atoms with Gasteiger partial charge in [0.1, 0.15) is 17.9 Å². The molecule has 1 N–H and O–H groups in total. The number of benzene rings is 1. The van der Waals surface area contributed by atoms with Crippen LogP contribution in [0.25, 0.3) is 0 Å². The highest BCUT2D eigenvalue weighted by Crippen LogP contribution is 2.20. The van der Waals surface area contributed by atoms with E-state index in [4.69, 9.17) is 9.15 Å². The first kappa shape index (κ1) is 22.4. The fraction of sp³-hybridized carbons (Fsp3) is 0.545. The second kappa shape index (κ2) is 10.1. The zero-order valence-electron chi connectivity index (χ0n) is 17.7. The number of oxazole rings is 1. The lowest BCUT2D eigenvalue weighted by Crippen LogP contribution is -2.36. The lowest BCUT2D eigenvalue weighted by molar-refractivity contribution is 0.0853. The quantitative estimate of drug-likeness (QED) is 0.665. The first-order chi connectivity index (χ1) is 14.3. The normalized spacial score (nSPS) is 17.6. The maximum Gasteiger partial charge on any atom is 0.273 e. The summed E-state index contributed by atoms with van der Waals surface area (Å²) in [6.45, 7) is 7.92. The van der Waals surface area contributed by atoms with Crippen molar-refractivity contribution in [3.8, 4) is 0 Å². The van der Waals surface area contributed by atoms with Gasteiger partial charge in [-0.2, -0.15) is 0 Å². The molecule has 1 aromatic carbocycles. The predicted molar refractivity (Wildman–Crippen MR) is 108 cm³/mol. The van der Waals surface area contributed by atoms with Crippen molar-refractivity contribution in [1.29, 1.82) is 0 Å². The van der Waals surface area contributed by atoms with E-state index in [0.29, 0.717) is 24.5 Å². The molecule has 0 aliphatic carbocycles. The van der Waals surface area contributed by atoms with Crippen molar-refractivity contribution in [2.45, 2.75) is 58.8 Å². The minimum Gasteiger partial charge on any atom is -0.447 e. The summed E-state index contributed by atoms with van der Waals surface area (Å²) in [5.41, 5.74) is 0.595. The molecule has 1 fully saturated rings. The summed E-state index contributed by atoms with van der Waals surface area (Å²) in [4.78, 5) is 18.6. The molecule has 1 aliphatic rings. The Balaban J connectivity index is 1.66. The molecule has 1 amide bonds. The summed E-state index contributed by atoms with van der Waals surface area (Å²) in [7, 11) is 0. The molecule has 0 radical (unpaired) electrons. The summed E-state index contributed by atoms with van der Waals surface area (Å²) in [5.74, 6) is -0.845. The number of carbonyl (C=O) groups is 1. The number of amides is 1. The Bertz CT molecular complexity index is 850. The first-order valence-electron chi connectivity index (χ1n) is 10.4. The van der Waals surface area contributed by atoms with Gasteiger partial charge in [-0.15, -0.1) is 0 Å². The molecule has 2 aromatic rings. The standard InChI is InChI=1S/C22H29F2N3O3/c1-14(2)15(3)27(11-16-6-7-17(23)9-19(16)24)12-21-26-20(13-30-21)22(28)25-10-18-5-4-8-29-18/h6-7,9,13-15,18H,4-5,8,10-12H2,1-3H3,(H,25,28). The van der Waals surface area contributed by atoms with Crippen LogP contribution in [0.3, 0.4) is 0 Å². The molecule has 1 saturated heterocycles. The Kier molecular flexibility index (Phi) is 7.55. The number of hydrogen-bond donors (Lipinski definition) is 1. The maximum atomic E-state index is 14.2. The van der Waals surface area contributed by atoms with E-state index < -0.39 is 11.6 Å². The Morgan fingerprint density at radius 3 is 2.77 bits per heavy atom. The summed E-state index contributed by atoms with van der Waals surface area (Å²) in [6.07, 6.45) is 3.32. The summed E-state index contributed by atoms with van der Waals surface area (Å²) < 4.78 is 38.4. The van der Waals surface area contributed by atoms with Crippen LogP contribution in [0, 0.1) is 17.6 Å². The molecular weight excluding hydrogens is 392 g/mol. The van der Waals surface area contributed by atoms with Gasteiger partial charge in [0.15, 0.2) is 5.69 Å². The highest BCUT2D eigenvalue weighted by Gasteiger charge is 2.23. The number of aromatic nitrogens is 1. The van der Waals surface area contributed by atoms with E-state index >= 15 is 0 Å². The molecule has 2 unspecified atom stereocenters. The number of rotatable bonds is 9. The van der Waals surface area contributed by atoms with Gasteiger partial charge in [-0.05, 0) is 31.7 Å². The monoisotopic (exact) mass is 421 g/mol. The van der Waals surface area contributed by atoms with E-state index in [1.165, 1.54) is 18.4 Å². The van der Waals surface area contributed by atoms with Crippen molar-refractivity contribution in [2.24, 2.45) is 5.92 Å². The van der Waals surface area contributed by atoms with E-state index in [9.17, 15) is 13.6 Å². The van der Waals surface area contributed by atoms with Gasteiger partial charge in [0.2, 0.25) is 5.89 Å². The van der Waals surface area contributed by atoms with Crippen LogP contribution < -0.4 is 5.32 Å². The van der Waals surface area contributed by atoms with Gasteiger partial charge in [-0.25, -0.2) is 13.8 Å². The molecule has 0 bridgehead atoms. The van der Waals surface area contributed by atoms with Crippen LogP contribution in [0.4, 0.5) is 8.78 Å². The molecule has 1 aromatic heterocycles. The van der Waals surface area contributed by atoms with Crippen LogP contribution >= 0.6 is 0 Å². The van der Waals surface area contributed by atoms with E-state index in [0.717, 1.165) is 25.5 Å². The summed E-state index contributed by atoms with van der Waals surface area (Å²) in [5, 5.41) is 2.82. The van der Waals surface area contributed by atoms with Crippen molar-refractivity contribution >= 4 is 5.91 Å². The zero-order chi connectivity index (χ0) is 21.7. The largest absolute Gasteiger partial charge is 0.447 e. The first-order valence-corrected chi connectivity index (χ1v) is 10.4. The molecule has 3 rings (SSSR count). The number of nitrogens with one attached hydrogen (secondary N) is 1. The third-order valence-corrected chi connectivity index (χ3v) is 5.57. The van der Waals surface area contributed by atoms with Gasteiger partial charge in [0.05, 0.1) is 12.6 Å². The average Bonchev–Trinajstić information content (AvgIpc) is 3.39. The Hall–Kier alpha value is -2.32. The molecule has 164 valence electrons. The molecule has 8 heteroatoms. The SMILES string of the molecule is CC(C)C(C)N(Cc1nc(C(=O)NCC2CCCO2)co1)Cc1ccc(F)cc1F. The lowest BCUT2D eigenvalue weighted by atomic mass is 10.0. The molecule has 0 saturated carbocycles. The van der Waals surface area contributed by atoms with Crippen molar-refractivity contribution in [3.05, 3.63) is 53.2 Å². The van der Waals surface area contributed by atoms with E-state index in [2.05, 4.69) is 24.1 Å². The van der Waals surface area contributed by atoms with Crippen LogP contribution in [0.2, 0.25) is 0 Å². The Morgan fingerprint density at radius 1 is 1.30 bits per heavy atom. The molecule has 1 aliphatic heterocycles. The Morgan fingerprint density at radius 2 is 2.10 bits per heavy atom. The van der Waals surface area contributed by atoms with Gasteiger partial charge >= 0.3 is 0 Å². The number of nitrogens with zero attached hydrogens (tertiary/aromatic N) is 2. The zero-order valence-corrected chi connectivity index (χ0v) is 17.7. The van der Waals surface area contributed by atoms with Crippen molar-refractivity contribution in [3.63, 3.8) is 0 Å². The molecular formula is C22H29F2N3O3. The van der Waals surface area contributed by atoms with Crippen molar-refractivity contribution < 1.29 is 22.7 Å².